The molecule has 0 aliphatic rings. The van der Waals surface area contributed by atoms with Crippen molar-refractivity contribution >= 4 is 17.3 Å². The Kier molecular flexibility index (Phi) is 1.58. The standard InChI is InChI=1S/C6H4ClFN/c7-4-2-1-3-5(9)6(4)8/h1-2H,9H2. The molecule has 0 aromatic heterocycles. The first-order valence-electron chi connectivity index (χ1n) is 2.33. The molecule has 1 aromatic carbocycles. The van der Waals surface area contributed by atoms with E-state index in [9.17, 15) is 4.39 Å². The summed E-state index contributed by atoms with van der Waals surface area (Å²) in [5.41, 5.74) is 5.07. The Morgan fingerprint density at radius 2 is 2.33 bits per heavy atom. The number of hydrogen-bond donors (Lipinski definition) is 1. The first-order chi connectivity index (χ1) is 4.22. The SMILES string of the molecule is Nc1[c]ccc(Cl)c1F. The van der Waals surface area contributed by atoms with E-state index in [4.69, 9.17) is 17.3 Å². The van der Waals surface area contributed by atoms with Gasteiger partial charge in [-0.25, -0.2) is 4.39 Å². The van der Waals surface area contributed by atoms with Gasteiger partial charge in [-0.1, -0.05) is 17.7 Å². The summed E-state index contributed by atoms with van der Waals surface area (Å²) in [4.78, 5) is 0. The number of benzene rings is 1. The van der Waals surface area contributed by atoms with Gasteiger partial charge in [-0.15, -0.1) is 0 Å². The highest BCUT2D eigenvalue weighted by Gasteiger charge is 2.00. The molecule has 47 valence electrons. The van der Waals surface area contributed by atoms with E-state index in [2.05, 4.69) is 6.07 Å². The fraction of sp³-hybridized carbons (Fsp3) is 0. The van der Waals surface area contributed by atoms with Gasteiger partial charge in [0.25, 0.3) is 0 Å². The quantitative estimate of drug-likeness (QED) is 0.553. The minimum absolute atomic E-state index is 0.0336. The Morgan fingerprint density at radius 3 is 2.78 bits per heavy atom. The van der Waals surface area contributed by atoms with Crippen molar-refractivity contribution in [3.8, 4) is 0 Å². The molecule has 1 nitrogen and oxygen atoms in total. The molecule has 0 unspecified atom stereocenters. The maximum absolute atomic E-state index is 12.4. The third-order valence-electron chi connectivity index (χ3n) is 0.915. The molecule has 0 aliphatic heterocycles. The zero-order valence-corrected chi connectivity index (χ0v) is 5.24. The van der Waals surface area contributed by atoms with Crippen molar-refractivity contribution in [2.45, 2.75) is 0 Å². The number of anilines is 1. The minimum atomic E-state index is -0.598. The van der Waals surface area contributed by atoms with E-state index < -0.39 is 5.82 Å². The number of rotatable bonds is 0. The lowest BCUT2D eigenvalue weighted by molar-refractivity contribution is 0.633. The van der Waals surface area contributed by atoms with E-state index in [1.54, 1.807) is 0 Å². The molecule has 2 N–H and O–H groups in total. The van der Waals surface area contributed by atoms with Crippen molar-refractivity contribution in [2.75, 3.05) is 5.73 Å². The van der Waals surface area contributed by atoms with Gasteiger partial charge in [0.2, 0.25) is 0 Å². The summed E-state index contributed by atoms with van der Waals surface area (Å²) in [5, 5.41) is 0.0336. The van der Waals surface area contributed by atoms with Crippen LogP contribution in [0.5, 0.6) is 0 Å². The van der Waals surface area contributed by atoms with Gasteiger partial charge in [0.15, 0.2) is 5.82 Å². The molecule has 0 atom stereocenters. The second-order valence-corrected chi connectivity index (χ2v) is 1.96. The summed E-state index contributed by atoms with van der Waals surface area (Å²) < 4.78 is 12.4. The monoisotopic (exact) mass is 144 g/mol. The molecule has 0 aliphatic carbocycles. The van der Waals surface area contributed by atoms with Crippen LogP contribution in [-0.2, 0) is 0 Å². The van der Waals surface area contributed by atoms with Crippen LogP contribution >= 0.6 is 11.6 Å². The average Bonchev–Trinajstić information content (AvgIpc) is 1.83. The van der Waals surface area contributed by atoms with Crippen LogP contribution in [0.3, 0.4) is 0 Å². The van der Waals surface area contributed by atoms with Gasteiger partial charge in [-0.05, 0) is 6.07 Å². The summed E-state index contributed by atoms with van der Waals surface area (Å²) in [6, 6.07) is 5.33. The van der Waals surface area contributed by atoms with Gasteiger partial charge in [-0.3, -0.25) is 0 Å². The fourth-order valence-corrected chi connectivity index (χ4v) is 0.635. The zero-order chi connectivity index (χ0) is 6.85. The largest absolute Gasteiger partial charge is 0.396 e. The molecule has 1 rings (SSSR count). The summed E-state index contributed by atoms with van der Waals surface area (Å²) >= 11 is 5.34. The number of halogens is 2. The van der Waals surface area contributed by atoms with Gasteiger partial charge in [-0.2, -0.15) is 0 Å². The van der Waals surface area contributed by atoms with Crippen molar-refractivity contribution < 1.29 is 4.39 Å². The molecule has 0 bridgehead atoms. The Bertz CT molecular complexity index is 204. The molecule has 1 aromatic rings. The van der Waals surface area contributed by atoms with Gasteiger partial charge in [0, 0.05) is 6.07 Å². The van der Waals surface area contributed by atoms with Crippen LogP contribution in [0.2, 0.25) is 5.02 Å². The Morgan fingerprint density at radius 1 is 1.67 bits per heavy atom. The molecule has 0 heterocycles. The third-order valence-corrected chi connectivity index (χ3v) is 1.21. The predicted octanol–water partition coefficient (Wildman–Crippen LogP) is 1.86. The molecule has 3 heteroatoms. The van der Waals surface area contributed by atoms with Crippen LogP contribution in [0.25, 0.3) is 0 Å². The van der Waals surface area contributed by atoms with Crippen LogP contribution in [0.15, 0.2) is 12.1 Å². The summed E-state index contributed by atoms with van der Waals surface area (Å²) in [6.07, 6.45) is 0. The Labute approximate surface area is 57.2 Å². The molecular weight excluding hydrogens is 141 g/mol. The van der Waals surface area contributed by atoms with Crippen molar-refractivity contribution in [2.24, 2.45) is 0 Å². The highest BCUT2D eigenvalue weighted by Crippen LogP contribution is 2.17. The normalized spacial score (nSPS) is 9.56. The molecule has 9 heavy (non-hydrogen) atoms. The van der Waals surface area contributed by atoms with E-state index in [0.717, 1.165) is 0 Å². The van der Waals surface area contributed by atoms with Gasteiger partial charge >= 0.3 is 0 Å². The fourth-order valence-electron chi connectivity index (χ4n) is 0.470. The molecule has 1 radical (unpaired) electrons. The second kappa shape index (κ2) is 2.23. The van der Waals surface area contributed by atoms with Gasteiger partial charge < -0.3 is 5.73 Å². The summed E-state index contributed by atoms with van der Waals surface area (Å²) in [5.74, 6) is -0.598. The maximum Gasteiger partial charge on any atom is 0.165 e. The molecule has 0 saturated carbocycles. The van der Waals surface area contributed by atoms with E-state index in [-0.39, 0.29) is 10.7 Å². The summed E-state index contributed by atoms with van der Waals surface area (Å²) in [6.45, 7) is 0. The van der Waals surface area contributed by atoms with E-state index in [1.807, 2.05) is 0 Å². The number of nitrogen functional groups attached to an aromatic ring is 1. The lowest BCUT2D eigenvalue weighted by Gasteiger charge is -1.94. The zero-order valence-electron chi connectivity index (χ0n) is 4.49. The van der Waals surface area contributed by atoms with E-state index in [1.165, 1.54) is 12.1 Å². The molecule has 0 saturated heterocycles. The van der Waals surface area contributed by atoms with E-state index >= 15 is 0 Å². The topological polar surface area (TPSA) is 26.0 Å². The van der Waals surface area contributed by atoms with Crippen molar-refractivity contribution in [3.63, 3.8) is 0 Å². The predicted molar refractivity (Wildman–Crippen MR) is 34.7 cm³/mol. The first-order valence-corrected chi connectivity index (χ1v) is 2.71. The van der Waals surface area contributed by atoms with Crippen LogP contribution in [0, 0.1) is 11.9 Å². The van der Waals surface area contributed by atoms with Gasteiger partial charge in [0.05, 0.1) is 10.7 Å². The minimum Gasteiger partial charge on any atom is -0.396 e. The highest BCUT2D eigenvalue weighted by molar-refractivity contribution is 6.31. The lowest BCUT2D eigenvalue weighted by atomic mass is 10.3. The van der Waals surface area contributed by atoms with Crippen LogP contribution in [0.1, 0.15) is 0 Å². The van der Waals surface area contributed by atoms with Crippen molar-refractivity contribution in [3.05, 3.63) is 29.0 Å². The van der Waals surface area contributed by atoms with Crippen molar-refractivity contribution in [1.29, 1.82) is 0 Å². The van der Waals surface area contributed by atoms with Crippen LogP contribution in [-0.4, -0.2) is 0 Å². The number of hydrogen-bond acceptors (Lipinski definition) is 1. The second-order valence-electron chi connectivity index (χ2n) is 1.55. The smallest absolute Gasteiger partial charge is 0.165 e. The Balaban J connectivity index is 3.25. The molecule has 0 amide bonds. The highest BCUT2D eigenvalue weighted by atomic mass is 35.5. The van der Waals surface area contributed by atoms with Gasteiger partial charge in [0.1, 0.15) is 0 Å². The Hall–Kier alpha value is -0.760. The van der Waals surface area contributed by atoms with Crippen molar-refractivity contribution in [1.82, 2.24) is 0 Å². The number of nitrogens with two attached hydrogens (primary N) is 1. The van der Waals surface area contributed by atoms with E-state index in [0.29, 0.717) is 0 Å². The molecule has 0 fully saturated rings. The van der Waals surface area contributed by atoms with Crippen LogP contribution < -0.4 is 5.73 Å². The molecular formula is C6H4ClFN. The molecule has 0 spiro atoms. The third kappa shape index (κ3) is 1.13. The first kappa shape index (κ1) is 6.36. The average molecular weight is 145 g/mol. The summed E-state index contributed by atoms with van der Waals surface area (Å²) in [7, 11) is 0. The lowest BCUT2D eigenvalue weighted by Crippen LogP contribution is -1.89. The van der Waals surface area contributed by atoms with Crippen LogP contribution in [0.4, 0.5) is 10.1 Å². The maximum atomic E-state index is 12.4.